The molecule has 0 saturated heterocycles. The van der Waals surface area contributed by atoms with E-state index in [1.165, 1.54) is 5.56 Å². The number of aliphatic hydroxyl groups is 1. The average Bonchev–Trinajstić information content (AvgIpc) is 2.48. The summed E-state index contributed by atoms with van der Waals surface area (Å²) in [5.74, 6) is 0. The summed E-state index contributed by atoms with van der Waals surface area (Å²) in [5.41, 5.74) is 2.92. The number of anilines is 1. The molecule has 2 N–H and O–H groups in total. The van der Waals surface area contributed by atoms with E-state index in [0.717, 1.165) is 28.6 Å². The van der Waals surface area contributed by atoms with E-state index in [2.05, 4.69) is 52.4 Å². The molecule has 0 radical (unpaired) electrons. The van der Waals surface area contributed by atoms with Crippen LogP contribution in [-0.4, -0.2) is 11.7 Å². The van der Waals surface area contributed by atoms with Crippen molar-refractivity contribution >= 4 is 21.6 Å². The maximum Gasteiger partial charge on any atom is 0.0828 e. The summed E-state index contributed by atoms with van der Waals surface area (Å²) in [6, 6.07) is 16.5. The van der Waals surface area contributed by atoms with Gasteiger partial charge >= 0.3 is 0 Å². The molecule has 1 unspecified atom stereocenters. The first-order valence-electron chi connectivity index (χ1n) is 7.31. The maximum atomic E-state index is 9.87. The van der Waals surface area contributed by atoms with Crippen molar-refractivity contribution in [3.63, 3.8) is 0 Å². The maximum absolute atomic E-state index is 9.87. The van der Waals surface area contributed by atoms with E-state index in [-0.39, 0.29) is 6.61 Å². The molecule has 0 heterocycles. The molecule has 0 aliphatic carbocycles. The van der Waals surface area contributed by atoms with Gasteiger partial charge in [-0.25, -0.2) is 0 Å². The lowest BCUT2D eigenvalue weighted by Gasteiger charge is -2.31. The molecule has 0 aliphatic rings. The topological polar surface area (TPSA) is 32.3 Å². The zero-order chi connectivity index (χ0) is 15.3. The second kappa shape index (κ2) is 7.10. The quantitative estimate of drug-likeness (QED) is 0.792. The van der Waals surface area contributed by atoms with Crippen molar-refractivity contribution in [3.05, 3.63) is 64.1 Å². The van der Waals surface area contributed by atoms with Crippen LogP contribution < -0.4 is 5.32 Å². The van der Waals surface area contributed by atoms with Crippen LogP contribution >= 0.6 is 15.9 Å². The standard InChI is InChI=1S/C18H22BrNO/c1-3-5-14-8-10-15(11-9-14)18(2,13-21)20-17-7-4-6-16(19)12-17/h4,6-12,20-21H,3,5,13H2,1-2H3. The highest BCUT2D eigenvalue weighted by Gasteiger charge is 2.25. The minimum absolute atomic E-state index is 0.0344. The van der Waals surface area contributed by atoms with Crippen molar-refractivity contribution in [2.24, 2.45) is 0 Å². The third kappa shape index (κ3) is 4.08. The van der Waals surface area contributed by atoms with Crippen LogP contribution in [-0.2, 0) is 12.0 Å². The Morgan fingerprint density at radius 3 is 2.43 bits per heavy atom. The van der Waals surface area contributed by atoms with Crippen LogP contribution in [0.3, 0.4) is 0 Å². The minimum Gasteiger partial charge on any atom is -0.394 e. The fourth-order valence-corrected chi connectivity index (χ4v) is 2.81. The summed E-state index contributed by atoms with van der Waals surface area (Å²) in [6.07, 6.45) is 2.24. The Balaban J connectivity index is 2.23. The molecule has 2 rings (SSSR count). The van der Waals surface area contributed by atoms with Crippen molar-refractivity contribution in [1.29, 1.82) is 0 Å². The van der Waals surface area contributed by atoms with Crippen LogP contribution in [0.5, 0.6) is 0 Å². The summed E-state index contributed by atoms with van der Waals surface area (Å²) in [5, 5.41) is 13.3. The molecule has 112 valence electrons. The highest BCUT2D eigenvalue weighted by atomic mass is 79.9. The molecule has 2 aromatic rings. The molecule has 0 saturated carbocycles. The van der Waals surface area contributed by atoms with Gasteiger partial charge in [-0.2, -0.15) is 0 Å². The van der Waals surface area contributed by atoms with Crippen LogP contribution in [0.4, 0.5) is 5.69 Å². The van der Waals surface area contributed by atoms with Crippen LogP contribution in [0.15, 0.2) is 53.0 Å². The van der Waals surface area contributed by atoms with Gasteiger partial charge < -0.3 is 10.4 Å². The summed E-state index contributed by atoms with van der Waals surface area (Å²) in [7, 11) is 0. The molecular weight excluding hydrogens is 326 g/mol. The number of halogens is 1. The number of nitrogens with one attached hydrogen (secondary N) is 1. The van der Waals surface area contributed by atoms with Gasteiger partial charge in [0.25, 0.3) is 0 Å². The Morgan fingerprint density at radius 1 is 1.14 bits per heavy atom. The Kier molecular flexibility index (Phi) is 5.43. The van der Waals surface area contributed by atoms with E-state index in [9.17, 15) is 5.11 Å². The van der Waals surface area contributed by atoms with Gasteiger partial charge in [-0.15, -0.1) is 0 Å². The van der Waals surface area contributed by atoms with E-state index >= 15 is 0 Å². The second-order valence-electron chi connectivity index (χ2n) is 5.57. The minimum atomic E-state index is -0.495. The Morgan fingerprint density at radius 2 is 1.86 bits per heavy atom. The Labute approximate surface area is 135 Å². The first kappa shape index (κ1) is 16.1. The van der Waals surface area contributed by atoms with E-state index in [1.54, 1.807) is 0 Å². The number of aryl methyl sites for hydroxylation is 1. The number of hydrogen-bond donors (Lipinski definition) is 2. The predicted molar refractivity (Wildman–Crippen MR) is 92.6 cm³/mol. The molecule has 3 heteroatoms. The Hall–Kier alpha value is -1.32. The first-order chi connectivity index (χ1) is 10.1. The zero-order valence-electron chi connectivity index (χ0n) is 12.6. The summed E-state index contributed by atoms with van der Waals surface area (Å²) < 4.78 is 1.02. The molecule has 0 aromatic heterocycles. The lowest BCUT2D eigenvalue weighted by Crippen LogP contribution is -2.35. The van der Waals surface area contributed by atoms with Crippen molar-refractivity contribution in [3.8, 4) is 0 Å². The van der Waals surface area contributed by atoms with Gasteiger partial charge in [0.1, 0.15) is 0 Å². The van der Waals surface area contributed by atoms with Gasteiger partial charge in [-0.1, -0.05) is 59.6 Å². The van der Waals surface area contributed by atoms with Gasteiger partial charge in [-0.05, 0) is 42.7 Å². The van der Waals surface area contributed by atoms with Gasteiger partial charge in [0.05, 0.1) is 12.1 Å². The summed E-state index contributed by atoms with van der Waals surface area (Å²) in [4.78, 5) is 0. The van der Waals surface area contributed by atoms with Crippen molar-refractivity contribution in [2.75, 3.05) is 11.9 Å². The van der Waals surface area contributed by atoms with Gasteiger partial charge in [0.15, 0.2) is 0 Å². The molecule has 1 atom stereocenters. The lowest BCUT2D eigenvalue weighted by molar-refractivity contribution is 0.224. The SMILES string of the molecule is CCCc1ccc(C(C)(CO)Nc2cccc(Br)c2)cc1. The van der Waals surface area contributed by atoms with E-state index in [1.807, 2.05) is 31.2 Å². The molecule has 0 amide bonds. The van der Waals surface area contributed by atoms with Gasteiger partial charge in [-0.3, -0.25) is 0 Å². The number of aliphatic hydroxyl groups excluding tert-OH is 1. The van der Waals surface area contributed by atoms with Crippen LogP contribution in [0.1, 0.15) is 31.4 Å². The Bertz CT molecular complexity index is 582. The highest BCUT2D eigenvalue weighted by molar-refractivity contribution is 9.10. The monoisotopic (exact) mass is 347 g/mol. The van der Waals surface area contributed by atoms with Crippen molar-refractivity contribution < 1.29 is 5.11 Å². The molecule has 0 spiro atoms. The third-order valence-corrected chi connectivity index (χ3v) is 4.18. The smallest absolute Gasteiger partial charge is 0.0828 e. The normalized spacial score (nSPS) is 13.7. The second-order valence-corrected chi connectivity index (χ2v) is 6.49. The van der Waals surface area contributed by atoms with E-state index < -0.39 is 5.54 Å². The lowest BCUT2D eigenvalue weighted by atomic mass is 9.91. The number of rotatable bonds is 6. The van der Waals surface area contributed by atoms with Crippen LogP contribution in [0, 0.1) is 0 Å². The predicted octanol–water partition coefficient (Wildman–Crippen LogP) is 4.72. The van der Waals surface area contributed by atoms with E-state index in [0.29, 0.717) is 0 Å². The fraction of sp³-hybridized carbons (Fsp3) is 0.333. The van der Waals surface area contributed by atoms with Gasteiger partial charge in [0.2, 0.25) is 0 Å². The molecule has 2 nitrogen and oxygen atoms in total. The summed E-state index contributed by atoms with van der Waals surface area (Å²) in [6.45, 7) is 4.23. The first-order valence-corrected chi connectivity index (χ1v) is 8.11. The third-order valence-electron chi connectivity index (χ3n) is 3.69. The van der Waals surface area contributed by atoms with Gasteiger partial charge in [0, 0.05) is 10.2 Å². The average molecular weight is 348 g/mol. The van der Waals surface area contributed by atoms with Crippen molar-refractivity contribution in [1.82, 2.24) is 0 Å². The number of benzene rings is 2. The van der Waals surface area contributed by atoms with Crippen LogP contribution in [0.2, 0.25) is 0 Å². The molecule has 0 fully saturated rings. The number of hydrogen-bond acceptors (Lipinski definition) is 2. The van der Waals surface area contributed by atoms with Crippen LogP contribution in [0.25, 0.3) is 0 Å². The van der Waals surface area contributed by atoms with Crippen molar-refractivity contribution in [2.45, 2.75) is 32.2 Å². The summed E-state index contributed by atoms with van der Waals surface area (Å²) >= 11 is 3.47. The molecule has 21 heavy (non-hydrogen) atoms. The fourth-order valence-electron chi connectivity index (χ4n) is 2.42. The highest BCUT2D eigenvalue weighted by Crippen LogP contribution is 2.27. The molecule has 0 bridgehead atoms. The molecule has 0 aliphatic heterocycles. The van der Waals surface area contributed by atoms with E-state index in [4.69, 9.17) is 0 Å². The zero-order valence-corrected chi connectivity index (χ0v) is 14.2. The molecule has 2 aromatic carbocycles. The molecular formula is C18H22BrNO. The largest absolute Gasteiger partial charge is 0.394 e.